The molecular formula is C2H4CrK2O6. The fourth-order valence-corrected chi connectivity index (χ4v) is 0. The van der Waals surface area contributed by atoms with Gasteiger partial charge in [0.15, 0.2) is 0 Å². The summed E-state index contributed by atoms with van der Waals surface area (Å²) >= 11 is -5.75. The van der Waals surface area contributed by atoms with Gasteiger partial charge in [0.1, 0.15) is 0 Å². The topological polar surface area (TPSA) is 118 Å². The molecule has 0 saturated carbocycles. The van der Waals surface area contributed by atoms with Gasteiger partial charge in [-0.2, -0.15) is 0 Å². The maximum absolute atomic E-state index is 9.00. The van der Waals surface area contributed by atoms with Crippen LogP contribution in [0.4, 0.5) is 0 Å². The van der Waals surface area contributed by atoms with Gasteiger partial charge in [-0.05, 0) is 0 Å². The summed E-state index contributed by atoms with van der Waals surface area (Å²) in [5.41, 5.74) is 0. The van der Waals surface area contributed by atoms with Crippen LogP contribution in [0.25, 0.3) is 0 Å². The third kappa shape index (κ3) is 191. The van der Waals surface area contributed by atoms with E-state index in [-0.39, 0.29) is 103 Å². The van der Waals surface area contributed by atoms with Crippen molar-refractivity contribution in [2.75, 3.05) is 0 Å². The molecular weight excluding hydrogens is 250 g/mol. The molecule has 0 bridgehead atoms. The second kappa shape index (κ2) is 12.8. The molecule has 0 rings (SSSR count). The van der Waals surface area contributed by atoms with E-state index in [0.717, 1.165) is 6.92 Å². The minimum atomic E-state index is -5.75. The summed E-state index contributed by atoms with van der Waals surface area (Å²) in [6.45, 7) is 1.08. The number of carbonyl (C=O) groups is 1. The van der Waals surface area contributed by atoms with Gasteiger partial charge in [-0.3, -0.25) is 4.79 Å². The quantitative estimate of drug-likeness (QED) is 0.429. The molecule has 0 fully saturated rings. The Morgan fingerprint density at radius 2 is 1.27 bits per heavy atom. The van der Waals surface area contributed by atoms with Crippen molar-refractivity contribution in [2.24, 2.45) is 0 Å². The van der Waals surface area contributed by atoms with Crippen LogP contribution in [0.15, 0.2) is 0 Å². The molecule has 0 aromatic carbocycles. The van der Waals surface area contributed by atoms with E-state index in [2.05, 4.69) is 0 Å². The van der Waals surface area contributed by atoms with Gasteiger partial charge >= 0.3 is 132 Å². The zero-order valence-corrected chi connectivity index (χ0v) is 13.9. The molecule has 1 N–H and O–H groups in total. The van der Waals surface area contributed by atoms with E-state index in [9.17, 15) is 0 Å². The summed E-state index contributed by atoms with van der Waals surface area (Å²) in [6.07, 6.45) is 0. The first-order valence-corrected chi connectivity index (χ1v) is 3.68. The van der Waals surface area contributed by atoms with Gasteiger partial charge < -0.3 is 5.11 Å². The zero-order valence-electron chi connectivity index (χ0n) is 6.40. The Morgan fingerprint density at radius 3 is 1.27 bits per heavy atom. The Morgan fingerprint density at radius 1 is 1.27 bits per heavy atom. The molecule has 0 aliphatic carbocycles. The van der Waals surface area contributed by atoms with E-state index >= 15 is 0 Å². The number of carboxylic acid groups (broad SMARTS) is 1. The van der Waals surface area contributed by atoms with Gasteiger partial charge in [-0.25, -0.2) is 0 Å². The predicted molar refractivity (Wildman–Crippen MR) is 14.7 cm³/mol. The molecule has 0 unspecified atom stereocenters. The standard InChI is InChI=1S/C2H4O2.Cr.2K.4O/c1-2(3)4;;;;;;;/h1H3,(H,3,4);;;;;;;/q;;2*+1;;;2*-1. The summed E-state index contributed by atoms with van der Waals surface area (Å²) < 4.78 is 34.4. The average molecular weight is 254 g/mol. The minimum absolute atomic E-state index is 0. The molecule has 0 atom stereocenters. The van der Waals surface area contributed by atoms with Crippen LogP contribution >= 0.6 is 0 Å². The Bertz CT molecular complexity index is 161. The van der Waals surface area contributed by atoms with E-state index in [1.54, 1.807) is 0 Å². The number of hydrogen-bond donors (Lipinski definition) is 1. The van der Waals surface area contributed by atoms with Gasteiger partial charge in [-0.1, -0.05) is 0 Å². The summed E-state index contributed by atoms with van der Waals surface area (Å²) in [6, 6.07) is 0. The number of carboxylic acids is 1. The summed E-state index contributed by atoms with van der Waals surface area (Å²) in [5.74, 6) is -0.833. The first kappa shape index (κ1) is 23.5. The molecule has 0 radical (unpaired) electrons. The molecule has 0 heterocycles. The predicted octanol–water partition coefficient (Wildman–Crippen LogP) is -8.52. The molecule has 0 spiro atoms. The molecule has 0 aliphatic rings. The van der Waals surface area contributed by atoms with Gasteiger partial charge in [0.05, 0.1) is 0 Å². The Balaban J connectivity index is -0.0000000383. The average Bonchev–Trinajstić information content (AvgIpc) is 1.19. The van der Waals surface area contributed by atoms with Crippen molar-refractivity contribution in [3.8, 4) is 0 Å². The van der Waals surface area contributed by atoms with Crippen molar-refractivity contribution in [2.45, 2.75) is 6.92 Å². The summed E-state index contributed by atoms with van der Waals surface area (Å²) in [7, 11) is 0. The Kier molecular flexibility index (Phi) is 27.4. The number of aliphatic carboxylic acids is 1. The molecule has 0 saturated heterocycles. The van der Waals surface area contributed by atoms with Gasteiger partial charge in [0.2, 0.25) is 0 Å². The van der Waals surface area contributed by atoms with E-state index in [4.69, 9.17) is 25.8 Å². The molecule has 11 heavy (non-hydrogen) atoms. The van der Waals surface area contributed by atoms with Crippen LogP contribution in [0, 0.1) is 0 Å². The molecule has 56 valence electrons. The van der Waals surface area contributed by atoms with Crippen molar-refractivity contribution in [1.29, 1.82) is 0 Å². The SMILES string of the molecule is CC(=O)O.[K+].[K+].[O]=[Cr](=[O])([O-])[O-]. The maximum atomic E-state index is 9.00. The first-order valence-electron chi connectivity index (χ1n) is 1.59. The molecule has 0 aromatic heterocycles. The first-order chi connectivity index (χ1) is 3.73. The second-order valence-electron chi connectivity index (χ2n) is 0.927. The van der Waals surface area contributed by atoms with Crippen LogP contribution < -0.4 is 111 Å². The van der Waals surface area contributed by atoms with Crippen molar-refractivity contribution >= 4 is 5.97 Å². The van der Waals surface area contributed by atoms with E-state index < -0.39 is 19.6 Å². The van der Waals surface area contributed by atoms with Crippen molar-refractivity contribution in [3.63, 3.8) is 0 Å². The van der Waals surface area contributed by atoms with Gasteiger partial charge in [0.25, 0.3) is 5.97 Å². The number of rotatable bonds is 0. The summed E-state index contributed by atoms with van der Waals surface area (Å²) in [5, 5.41) is 7.42. The third-order valence-electron chi connectivity index (χ3n) is 0. The summed E-state index contributed by atoms with van der Waals surface area (Å²) in [4.78, 5) is 9.00. The molecule has 0 aromatic rings. The fourth-order valence-electron chi connectivity index (χ4n) is 0. The third-order valence-corrected chi connectivity index (χ3v) is 0. The van der Waals surface area contributed by atoms with Crippen molar-refractivity contribution < 1.29 is 142 Å². The van der Waals surface area contributed by atoms with Crippen LogP contribution in [0.1, 0.15) is 6.92 Å². The second-order valence-corrected chi connectivity index (χ2v) is 2.20. The zero-order chi connectivity index (χ0) is 8.08. The van der Waals surface area contributed by atoms with Crippen molar-refractivity contribution in [3.05, 3.63) is 0 Å². The monoisotopic (exact) mass is 254 g/mol. The Labute approximate surface area is 151 Å². The van der Waals surface area contributed by atoms with Gasteiger partial charge in [0, 0.05) is 6.92 Å². The van der Waals surface area contributed by atoms with Crippen LogP contribution in [0.3, 0.4) is 0 Å². The fraction of sp³-hybridized carbons (Fsp3) is 0.500. The normalized spacial score (nSPS) is 7.55. The molecule has 6 nitrogen and oxygen atoms in total. The number of hydrogen-bond acceptors (Lipinski definition) is 5. The van der Waals surface area contributed by atoms with E-state index in [1.807, 2.05) is 0 Å². The van der Waals surface area contributed by atoms with Crippen LogP contribution in [0.5, 0.6) is 0 Å². The van der Waals surface area contributed by atoms with Crippen LogP contribution in [0.2, 0.25) is 0 Å². The van der Waals surface area contributed by atoms with Crippen LogP contribution in [-0.4, -0.2) is 11.1 Å². The van der Waals surface area contributed by atoms with E-state index in [1.165, 1.54) is 0 Å². The van der Waals surface area contributed by atoms with Gasteiger partial charge in [-0.15, -0.1) is 0 Å². The van der Waals surface area contributed by atoms with Crippen LogP contribution in [-0.2, 0) is 26.0 Å². The Hall–Kier alpha value is 2.80. The van der Waals surface area contributed by atoms with E-state index in [0.29, 0.717) is 0 Å². The van der Waals surface area contributed by atoms with Crippen molar-refractivity contribution in [1.82, 2.24) is 0 Å². The molecule has 0 amide bonds. The molecule has 0 aliphatic heterocycles. The molecule has 9 heteroatoms.